The van der Waals surface area contributed by atoms with Crippen LogP contribution in [0.4, 0.5) is 0 Å². The van der Waals surface area contributed by atoms with Gasteiger partial charge in [-0.2, -0.15) is 5.10 Å². The number of nitrogens with zero attached hydrogens (tertiary/aromatic N) is 5. The number of carbonyl (C=O) groups is 1. The topological polar surface area (TPSA) is 54.3 Å². The quantitative estimate of drug-likeness (QED) is 0.851. The maximum atomic E-state index is 12.2. The molecule has 0 radical (unpaired) electrons. The van der Waals surface area contributed by atoms with Gasteiger partial charge in [-0.25, -0.2) is 0 Å². The highest BCUT2D eigenvalue weighted by Gasteiger charge is 2.27. The molecular formula is C16H21N5O. The summed E-state index contributed by atoms with van der Waals surface area (Å²) in [7, 11) is 5.45. The van der Waals surface area contributed by atoms with Crippen LogP contribution in [-0.4, -0.2) is 51.1 Å². The van der Waals surface area contributed by atoms with E-state index in [4.69, 9.17) is 0 Å². The van der Waals surface area contributed by atoms with Gasteiger partial charge in [0.1, 0.15) is 0 Å². The van der Waals surface area contributed by atoms with Crippen molar-refractivity contribution in [1.29, 1.82) is 0 Å². The fourth-order valence-corrected chi connectivity index (χ4v) is 2.89. The number of amides is 1. The first-order valence-corrected chi connectivity index (χ1v) is 7.44. The normalized spacial score (nSPS) is 14.7. The number of pyridine rings is 1. The van der Waals surface area contributed by atoms with Crippen molar-refractivity contribution in [2.75, 3.05) is 20.6 Å². The highest BCUT2D eigenvalue weighted by atomic mass is 16.2. The second-order valence-corrected chi connectivity index (χ2v) is 5.91. The van der Waals surface area contributed by atoms with Crippen LogP contribution in [0.2, 0.25) is 0 Å². The summed E-state index contributed by atoms with van der Waals surface area (Å²) in [5, 5.41) is 4.44. The molecule has 0 saturated carbocycles. The molecular weight excluding hydrogens is 278 g/mol. The van der Waals surface area contributed by atoms with E-state index in [1.54, 1.807) is 19.0 Å². The van der Waals surface area contributed by atoms with Crippen LogP contribution >= 0.6 is 0 Å². The Morgan fingerprint density at radius 3 is 2.73 bits per heavy atom. The van der Waals surface area contributed by atoms with Crippen LogP contribution in [-0.2, 0) is 26.6 Å². The van der Waals surface area contributed by atoms with Crippen molar-refractivity contribution in [2.45, 2.75) is 19.5 Å². The lowest BCUT2D eigenvalue weighted by Crippen LogP contribution is -2.32. The molecule has 116 valence electrons. The molecule has 3 rings (SSSR count). The fourth-order valence-electron chi connectivity index (χ4n) is 2.89. The Bertz CT molecular complexity index is 677. The van der Waals surface area contributed by atoms with Crippen LogP contribution in [0.25, 0.3) is 0 Å². The minimum Gasteiger partial charge on any atom is -0.343 e. The molecule has 3 heterocycles. The van der Waals surface area contributed by atoms with Gasteiger partial charge in [0.25, 0.3) is 5.91 Å². The van der Waals surface area contributed by atoms with E-state index >= 15 is 0 Å². The Morgan fingerprint density at radius 2 is 2.05 bits per heavy atom. The molecule has 0 atom stereocenters. The number of hydrogen-bond donors (Lipinski definition) is 0. The molecule has 0 aromatic carbocycles. The maximum absolute atomic E-state index is 12.2. The Balaban J connectivity index is 1.80. The van der Waals surface area contributed by atoms with E-state index in [1.165, 1.54) is 5.56 Å². The van der Waals surface area contributed by atoms with Crippen LogP contribution in [0.15, 0.2) is 24.5 Å². The molecule has 0 aliphatic carbocycles. The Kier molecular flexibility index (Phi) is 3.94. The van der Waals surface area contributed by atoms with Gasteiger partial charge in [-0.3, -0.25) is 19.4 Å². The third-order valence-electron chi connectivity index (χ3n) is 4.09. The first kappa shape index (κ1) is 14.7. The van der Waals surface area contributed by atoms with Crippen molar-refractivity contribution in [3.63, 3.8) is 0 Å². The van der Waals surface area contributed by atoms with Gasteiger partial charge < -0.3 is 4.90 Å². The molecule has 2 aromatic heterocycles. The van der Waals surface area contributed by atoms with Crippen molar-refractivity contribution in [3.05, 3.63) is 47.0 Å². The van der Waals surface area contributed by atoms with E-state index in [-0.39, 0.29) is 5.91 Å². The fraction of sp³-hybridized carbons (Fsp3) is 0.438. The van der Waals surface area contributed by atoms with E-state index in [0.29, 0.717) is 5.69 Å². The molecule has 6 nitrogen and oxygen atoms in total. The monoisotopic (exact) mass is 299 g/mol. The second-order valence-electron chi connectivity index (χ2n) is 5.91. The summed E-state index contributed by atoms with van der Waals surface area (Å²) in [6.07, 6.45) is 4.51. The van der Waals surface area contributed by atoms with Gasteiger partial charge in [0, 0.05) is 58.7 Å². The standard InChI is InChI=1S/C16H21N5O/c1-19(2)16(22)15-13-6-9-21(11-14(13)20(3)18-15)10-12-4-7-17-8-5-12/h4-5,7-8H,6,9-11H2,1-3H3. The second kappa shape index (κ2) is 5.88. The van der Waals surface area contributed by atoms with Crippen LogP contribution in [0.3, 0.4) is 0 Å². The third-order valence-corrected chi connectivity index (χ3v) is 4.09. The average molecular weight is 299 g/mol. The molecule has 0 fully saturated rings. The summed E-state index contributed by atoms with van der Waals surface area (Å²) in [6, 6.07) is 4.08. The van der Waals surface area contributed by atoms with Gasteiger partial charge in [-0.1, -0.05) is 0 Å². The van der Waals surface area contributed by atoms with Gasteiger partial charge in [-0.15, -0.1) is 0 Å². The summed E-state index contributed by atoms with van der Waals surface area (Å²) < 4.78 is 1.85. The smallest absolute Gasteiger partial charge is 0.274 e. The highest BCUT2D eigenvalue weighted by molar-refractivity contribution is 5.93. The molecule has 0 unspecified atom stereocenters. The first-order chi connectivity index (χ1) is 10.6. The number of carbonyl (C=O) groups excluding carboxylic acids is 1. The van der Waals surface area contributed by atoms with E-state index < -0.39 is 0 Å². The Labute approximate surface area is 130 Å². The van der Waals surface area contributed by atoms with Gasteiger partial charge in [-0.05, 0) is 24.1 Å². The van der Waals surface area contributed by atoms with Gasteiger partial charge in [0.05, 0.1) is 5.69 Å². The minimum atomic E-state index is -0.0144. The molecule has 1 aliphatic heterocycles. The van der Waals surface area contributed by atoms with Crippen molar-refractivity contribution >= 4 is 5.91 Å². The lowest BCUT2D eigenvalue weighted by Gasteiger charge is -2.27. The molecule has 0 N–H and O–H groups in total. The summed E-state index contributed by atoms with van der Waals surface area (Å²) in [5.74, 6) is -0.0144. The Hall–Kier alpha value is -2.21. The largest absolute Gasteiger partial charge is 0.343 e. The van der Waals surface area contributed by atoms with Crippen LogP contribution < -0.4 is 0 Å². The minimum absolute atomic E-state index is 0.0144. The van der Waals surface area contributed by atoms with Crippen molar-refractivity contribution in [1.82, 2.24) is 24.6 Å². The van der Waals surface area contributed by atoms with E-state index in [2.05, 4.69) is 15.0 Å². The van der Waals surface area contributed by atoms with Gasteiger partial charge >= 0.3 is 0 Å². The van der Waals surface area contributed by atoms with E-state index in [9.17, 15) is 4.79 Å². The molecule has 1 aliphatic rings. The molecule has 6 heteroatoms. The average Bonchev–Trinajstić information content (AvgIpc) is 2.84. The first-order valence-electron chi connectivity index (χ1n) is 7.44. The van der Waals surface area contributed by atoms with E-state index in [0.717, 1.165) is 37.3 Å². The van der Waals surface area contributed by atoms with Crippen LogP contribution in [0.1, 0.15) is 27.3 Å². The van der Waals surface area contributed by atoms with Crippen LogP contribution in [0.5, 0.6) is 0 Å². The van der Waals surface area contributed by atoms with Crippen molar-refractivity contribution < 1.29 is 4.79 Å². The number of aromatic nitrogens is 3. The number of rotatable bonds is 3. The summed E-state index contributed by atoms with van der Waals surface area (Å²) in [6.45, 7) is 2.65. The zero-order valence-electron chi connectivity index (χ0n) is 13.3. The third kappa shape index (κ3) is 2.74. The molecule has 22 heavy (non-hydrogen) atoms. The maximum Gasteiger partial charge on any atom is 0.274 e. The SMILES string of the molecule is CN(C)C(=O)c1nn(C)c2c1CCN(Cc1ccncc1)C2. The van der Waals surface area contributed by atoms with E-state index in [1.807, 2.05) is 36.3 Å². The predicted molar refractivity (Wildman–Crippen MR) is 83.3 cm³/mol. The Morgan fingerprint density at radius 1 is 1.32 bits per heavy atom. The molecule has 0 spiro atoms. The highest BCUT2D eigenvalue weighted by Crippen LogP contribution is 2.23. The molecule has 0 saturated heterocycles. The zero-order valence-corrected chi connectivity index (χ0v) is 13.3. The summed E-state index contributed by atoms with van der Waals surface area (Å²) in [4.78, 5) is 20.3. The number of hydrogen-bond acceptors (Lipinski definition) is 4. The lowest BCUT2D eigenvalue weighted by atomic mass is 10.0. The van der Waals surface area contributed by atoms with Crippen molar-refractivity contribution in [3.8, 4) is 0 Å². The molecule has 2 aromatic rings. The van der Waals surface area contributed by atoms with Crippen LogP contribution in [0, 0.1) is 0 Å². The number of fused-ring (bicyclic) bond motifs is 1. The van der Waals surface area contributed by atoms with Gasteiger partial charge in [0.15, 0.2) is 5.69 Å². The molecule has 0 bridgehead atoms. The summed E-state index contributed by atoms with van der Waals surface area (Å²) in [5.41, 5.74) is 4.11. The molecule has 1 amide bonds. The van der Waals surface area contributed by atoms with Gasteiger partial charge in [0.2, 0.25) is 0 Å². The zero-order chi connectivity index (χ0) is 15.7. The van der Waals surface area contributed by atoms with Crippen molar-refractivity contribution in [2.24, 2.45) is 7.05 Å². The number of aryl methyl sites for hydroxylation is 1. The lowest BCUT2D eigenvalue weighted by molar-refractivity contribution is 0.0819. The predicted octanol–water partition coefficient (Wildman–Crippen LogP) is 1.08. The summed E-state index contributed by atoms with van der Waals surface area (Å²) >= 11 is 0.